The predicted molar refractivity (Wildman–Crippen MR) is 310 cm³/mol. The number of benzene rings is 4. The fourth-order valence-corrected chi connectivity index (χ4v) is 11.2. The van der Waals surface area contributed by atoms with E-state index < -0.39 is 40.6 Å². The van der Waals surface area contributed by atoms with Crippen molar-refractivity contribution >= 4 is 53.0 Å². The molecule has 22 heteroatoms. The number of nitrogens with zero attached hydrogens (tertiary/aromatic N) is 6. The van der Waals surface area contributed by atoms with Crippen LogP contribution in [0.25, 0.3) is 11.4 Å². The molecule has 82 heavy (non-hydrogen) atoms. The van der Waals surface area contributed by atoms with Gasteiger partial charge in [-0.05, 0) is 91.5 Å². The van der Waals surface area contributed by atoms with Crippen molar-refractivity contribution in [3.63, 3.8) is 0 Å². The van der Waals surface area contributed by atoms with Crippen molar-refractivity contribution in [1.29, 1.82) is 0 Å². The number of para-hydroxylation sites is 3. The van der Waals surface area contributed by atoms with Crippen molar-refractivity contribution in [2.24, 2.45) is 16.1 Å². The van der Waals surface area contributed by atoms with Gasteiger partial charge in [0, 0.05) is 102 Å². The van der Waals surface area contributed by atoms with Crippen LogP contribution in [0.4, 0.5) is 5.69 Å². The molecule has 2 atom stereocenters. The maximum absolute atomic E-state index is 14.3. The zero-order valence-corrected chi connectivity index (χ0v) is 46.5. The lowest BCUT2D eigenvalue weighted by Crippen LogP contribution is -2.51. The van der Waals surface area contributed by atoms with Crippen LogP contribution in [-0.4, -0.2) is 129 Å². The van der Waals surface area contributed by atoms with Crippen LogP contribution in [0.1, 0.15) is 118 Å². The highest BCUT2D eigenvalue weighted by Gasteiger charge is 2.41. The van der Waals surface area contributed by atoms with E-state index >= 15 is 0 Å². The number of rotatable bonds is 25. The average molecular weight is 1120 g/mol. The molecule has 1 saturated carbocycles. The number of amides is 7. The number of carbonyl (C=O) groups excluding carboxylic acids is 7. The van der Waals surface area contributed by atoms with Gasteiger partial charge in [0.1, 0.15) is 6.04 Å². The zero-order valence-electron chi connectivity index (χ0n) is 46.5. The van der Waals surface area contributed by atoms with Gasteiger partial charge in [0.15, 0.2) is 5.96 Å². The molecule has 3 aliphatic rings. The van der Waals surface area contributed by atoms with Crippen molar-refractivity contribution in [1.82, 2.24) is 50.3 Å². The molecule has 8 N–H and O–H groups in total. The second kappa shape index (κ2) is 28.7. The summed E-state index contributed by atoms with van der Waals surface area (Å²) >= 11 is 0. The summed E-state index contributed by atoms with van der Waals surface area (Å²) in [7, 11) is 0. The average Bonchev–Trinajstić information content (AvgIpc) is 4.12. The van der Waals surface area contributed by atoms with E-state index in [9.17, 15) is 43.2 Å². The molecule has 2 fully saturated rings. The molecule has 0 spiro atoms. The summed E-state index contributed by atoms with van der Waals surface area (Å²) in [6, 6.07) is 31.6. The number of aliphatic imine (C=N–C) groups is 1. The lowest BCUT2D eigenvalue weighted by Gasteiger charge is -2.41. The van der Waals surface area contributed by atoms with Gasteiger partial charge < -0.3 is 37.2 Å². The number of anilines is 1. The fourth-order valence-electron chi connectivity index (χ4n) is 11.2. The Morgan fingerprint density at radius 1 is 0.659 bits per heavy atom. The van der Waals surface area contributed by atoms with E-state index in [1.165, 1.54) is 9.36 Å². The van der Waals surface area contributed by atoms with Gasteiger partial charge >= 0.3 is 11.4 Å². The predicted octanol–water partition coefficient (Wildman–Crippen LogP) is 3.64. The zero-order chi connectivity index (χ0) is 58.0. The van der Waals surface area contributed by atoms with Crippen LogP contribution in [0.3, 0.4) is 0 Å². The van der Waals surface area contributed by atoms with Crippen LogP contribution in [0.15, 0.2) is 124 Å². The number of guanidine groups is 1. The van der Waals surface area contributed by atoms with Crippen molar-refractivity contribution in [3.8, 4) is 11.4 Å². The molecule has 8 rings (SSSR count). The minimum atomic E-state index is -1.08. The van der Waals surface area contributed by atoms with Crippen LogP contribution >= 0.6 is 0 Å². The Balaban J connectivity index is 0.891. The first-order valence-corrected chi connectivity index (χ1v) is 28.5. The molecule has 22 nitrogen and oxygen atoms in total. The fraction of sp³-hybridized carbons (Fsp3) is 0.433. The first kappa shape index (κ1) is 59.5. The molecule has 0 radical (unpaired) electrons. The Morgan fingerprint density at radius 3 is 1.91 bits per heavy atom. The first-order valence-electron chi connectivity index (χ1n) is 28.5. The molecule has 1 unspecified atom stereocenters. The molecule has 1 saturated heterocycles. The lowest BCUT2D eigenvalue weighted by atomic mass is 9.78. The summed E-state index contributed by atoms with van der Waals surface area (Å²) in [5.41, 5.74) is 8.40. The normalized spacial score (nSPS) is 16.2. The van der Waals surface area contributed by atoms with E-state index in [-0.39, 0.29) is 100 Å². The molecule has 7 amide bonds. The smallest absolute Gasteiger partial charge is 0.352 e. The largest absolute Gasteiger partial charge is 0.370 e. The third-order valence-corrected chi connectivity index (χ3v) is 15.4. The van der Waals surface area contributed by atoms with Crippen LogP contribution < -0.4 is 49.0 Å². The van der Waals surface area contributed by atoms with E-state index in [0.29, 0.717) is 81.9 Å². The number of hydrogen-bond acceptors (Lipinski definition) is 11. The van der Waals surface area contributed by atoms with E-state index in [2.05, 4.69) is 41.8 Å². The Morgan fingerprint density at radius 2 is 1.26 bits per heavy atom. The monoisotopic (exact) mass is 1120 g/mol. The van der Waals surface area contributed by atoms with Crippen molar-refractivity contribution in [3.05, 3.63) is 147 Å². The number of fused-ring (bicyclic) bond motifs is 2. The van der Waals surface area contributed by atoms with Gasteiger partial charge in [-0.1, -0.05) is 92.6 Å². The van der Waals surface area contributed by atoms with Crippen LogP contribution in [0, 0.1) is 5.41 Å². The molecule has 2 aliphatic heterocycles. The number of piperazine rings is 1. The third-order valence-electron chi connectivity index (χ3n) is 15.4. The Hall–Kier alpha value is -8.66. The molecule has 1 aliphatic carbocycles. The van der Waals surface area contributed by atoms with Gasteiger partial charge in [0.25, 0.3) is 5.91 Å². The third kappa shape index (κ3) is 15.4. The summed E-state index contributed by atoms with van der Waals surface area (Å²) in [6.07, 6.45) is 4.91. The second-order valence-corrected chi connectivity index (χ2v) is 21.1. The Bertz CT molecular complexity index is 3140. The number of aromatic nitrogens is 3. The van der Waals surface area contributed by atoms with Crippen molar-refractivity contribution in [2.75, 3.05) is 57.7 Å². The molecule has 0 bridgehead atoms. The number of hydrogen-bond donors (Lipinski definition) is 7. The Kier molecular flexibility index (Phi) is 20.8. The summed E-state index contributed by atoms with van der Waals surface area (Å²) in [4.78, 5) is 129. The first-order chi connectivity index (χ1) is 39.7. The minimum absolute atomic E-state index is 0.0120. The molecule has 5 aromatic rings. The van der Waals surface area contributed by atoms with Gasteiger partial charge in [-0.15, -0.1) is 0 Å². The molecule has 1 aromatic heterocycles. The Labute approximate surface area is 476 Å². The van der Waals surface area contributed by atoms with Gasteiger partial charge in [-0.3, -0.25) is 48.8 Å². The highest BCUT2D eigenvalue weighted by atomic mass is 16.2. The molecule has 4 aromatic carbocycles. The maximum atomic E-state index is 14.3. The lowest BCUT2D eigenvalue weighted by molar-refractivity contribution is -0.137. The quantitative estimate of drug-likeness (QED) is 0.0252. The number of carbonyl (C=O) groups is 7. The van der Waals surface area contributed by atoms with Gasteiger partial charge in [0.05, 0.1) is 17.4 Å². The number of nitrogens with one attached hydrogen (secondary N) is 6. The second-order valence-electron chi connectivity index (χ2n) is 21.1. The summed E-state index contributed by atoms with van der Waals surface area (Å²) < 4.78 is 3.60. The van der Waals surface area contributed by atoms with Crippen molar-refractivity contribution < 1.29 is 33.6 Å². The van der Waals surface area contributed by atoms with E-state index in [1.807, 2.05) is 53.4 Å². The van der Waals surface area contributed by atoms with Gasteiger partial charge in [0.2, 0.25) is 35.4 Å². The topological polar surface area (TPSA) is 285 Å². The highest BCUT2D eigenvalue weighted by Crippen LogP contribution is 2.45. The van der Waals surface area contributed by atoms with Gasteiger partial charge in [-0.2, -0.15) is 9.36 Å². The van der Waals surface area contributed by atoms with E-state index in [1.54, 1.807) is 67.6 Å². The number of nitrogens with two attached hydrogens (primary N) is 1. The van der Waals surface area contributed by atoms with Crippen LogP contribution in [0.5, 0.6) is 0 Å². The SMILES string of the molecule is CCC(=O)NCCCNC(=O)CCCC(=O)NC(N)=NCCC[C@H](NC(=O)CC1(CC(=O)N2CCN(C3c4ccccc4NC(=O)c4ccccc43)CC2)CCCC1)C(=O)NCCn1c(=O)n(-c2ccccc2)n(-c2ccccc2)c1=O. The van der Waals surface area contributed by atoms with Gasteiger partial charge in [-0.25, -0.2) is 14.2 Å². The van der Waals surface area contributed by atoms with Crippen LogP contribution in [0.2, 0.25) is 0 Å². The molecule has 434 valence electrons. The van der Waals surface area contributed by atoms with Crippen LogP contribution in [-0.2, 0) is 35.3 Å². The van der Waals surface area contributed by atoms with E-state index in [0.717, 1.165) is 34.2 Å². The van der Waals surface area contributed by atoms with E-state index in [4.69, 9.17) is 5.73 Å². The minimum Gasteiger partial charge on any atom is -0.370 e. The summed E-state index contributed by atoms with van der Waals surface area (Å²) in [5, 5.41) is 16.9. The van der Waals surface area contributed by atoms with Crippen molar-refractivity contribution in [2.45, 2.75) is 109 Å². The standard InChI is InChI=1S/C60H75N13O9/c1-2-49(74)62-32-17-33-63-50(75)27-15-28-51(76)68-57(61)65-31-16-26-48(56(80)64-34-35-71-58(81)72(42-18-5-3-6-19-42)73(59(71)82)43-20-7-4-8-21-43)66-52(77)40-60(29-13-14-30-60)41-53(78)69-36-38-70(39-37-69)54-44-22-9-10-23-45(44)55(79)67-47-25-12-11-24-46(47)54/h3-12,18-25,48,54H,2,13-17,26-41H2,1H3,(H,62,74)(H,63,75)(H,64,80)(H,66,77)(H,67,79)(H3,61,65,68,76)/t48-,54?/m0/s1. The maximum Gasteiger partial charge on any atom is 0.352 e. The molecular formula is C60H75N13O9. The molecular weight excluding hydrogens is 1050 g/mol. The molecule has 3 heterocycles. The highest BCUT2D eigenvalue weighted by molar-refractivity contribution is 6.07. The summed E-state index contributed by atoms with van der Waals surface area (Å²) in [6.45, 7) is 4.44. The summed E-state index contributed by atoms with van der Waals surface area (Å²) in [5.74, 6) is -2.02.